The Bertz CT molecular complexity index is 356. The third-order valence-electron chi connectivity index (χ3n) is 1.68. The van der Waals surface area contributed by atoms with Gasteiger partial charge in [-0.25, -0.2) is 0 Å². The van der Waals surface area contributed by atoms with Crippen LogP contribution in [0, 0.1) is 10.1 Å². The summed E-state index contributed by atoms with van der Waals surface area (Å²) in [7, 11) is 0. The van der Waals surface area contributed by atoms with Crippen molar-refractivity contribution in [1.82, 2.24) is 0 Å². The molecule has 0 heterocycles. The van der Waals surface area contributed by atoms with Crippen LogP contribution in [-0.2, 0) is 0 Å². The number of halogens is 1. The average Bonchev–Trinajstić information content (AvgIpc) is 2.20. The van der Waals surface area contributed by atoms with Crippen LogP contribution < -0.4 is 4.74 Å². The lowest BCUT2D eigenvalue weighted by Crippen LogP contribution is -2.02. The Kier molecular flexibility index (Phi) is 4.33. The minimum absolute atomic E-state index is 0.0125. The highest BCUT2D eigenvalue weighted by molar-refractivity contribution is 6.30. The molecule has 0 spiro atoms. The van der Waals surface area contributed by atoms with E-state index in [1.165, 1.54) is 18.2 Å². The Balaban J connectivity index is 2.81. The number of ether oxygens (including phenoxy) is 1. The maximum Gasteiger partial charge on any atom is 0.312 e. The monoisotopic (exact) mass is 231 g/mol. The van der Waals surface area contributed by atoms with Gasteiger partial charge >= 0.3 is 5.69 Å². The third-order valence-corrected chi connectivity index (χ3v) is 1.91. The Labute approximate surface area is 91.4 Å². The van der Waals surface area contributed by atoms with Crippen molar-refractivity contribution in [2.24, 2.45) is 0 Å². The third kappa shape index (κ3) is 3.38. The molecule has 15 heavy (non-hydrogen) atoms. The van der Waals surface area contributed by atoms with Crippen molar-refractivity contribution < 1.29 is 14.8 Å². The largest absolute Gasteiger partial charge is 0.487 e. The summed E-state index contributed by atoms with van der Waals surface area (Å²) < 4.78 is 5.13. The van der Waals surface area contributed by atoms with E-state index in [1.54, 1.807) is 0 Å². The first-order valence-electron chi connectivity index (χ1n) is 4.32. The summed E-state index contributed by atoms with van der Waals surface area (Å²) in [4.78, 5) is 10.1. The molecule has 0 unspecified atom stereocenters. The van der Waals surface area contributed by atoms with E-state index >= 15 is 0 Å². The van der Waals surface area contributed by atoms with Gasteiger partial charge in [0.05, 0.1) is 11.5 Å². The predicted molar refractivity (Wildman–Crippen MR) is 55.3 cm³/mol. The van der Waals surface area contributed by atoms with E-state index in [1.807, 2.05) is 0 Å². The molecule has 1 N–H and O–H groups in total. The number of nitro benzene ring substituents is 1. The molecule has 1 rings (SSSR count). The highest BCUT2D eigenvalue weighted by atomic mass is 35.5. The van der Waals surface area contributed by atoms with Crippen molar-refractivity contribution in [3.05, 3.63) is 33.3 Å². The van der Waals surface area contributed by atoms with Crippen LogP contribution in [-0.4, -0.2) is 23.2 Å². The van der Waals surface area contributed by atoms with Gasteiger partial charge in [0.15, 0.2) is 5.75 Å². The lowest BCUT2D eigenvalue weighted by atomic mass is 10.3. The second-order valence-corrected chi connectivity index (χ2v) is 3.23. The molecule has 1 aromatic carbocycles. The van der Waals surface area contributed by atoms with Crippen LogP contribution in [0.15, 0.2) is 18.2 Å². The van der Waals surface area contributed by atoms with Gasteiger partial charge in [-0.1, -0.05) is 11.6 Å². The quantitative estimate of drug-likeness (QED) is 0.478. The van der Waals surface area contributed by atoms with Crippen molar-refractivity contribution >= 4 is 17.3 Å². The zero-order valence-electron chi connectivity index (χ0n) is 7.85. The molecule has 0 aromatic heterocycles. The van der Waals surface area contributed by atoms with E-state index in [0.29, 0.717) is 6.42 Å². The second-order valence-electron chi connectivity index (χ2n) is 2.79. The van der Waals surface area contributed by atoms with Gasteiger partial charge in [0, 0.05) is 24.1 Å². The van der Waals surface area contributed by atoms with Crippen molar-refractivity contribution in [3.63, 3.8) is 0 Å². The fourth-order valence-electron chi connectivity index (χ4n) is 1.00. The van der Waals surface area contributed by atoms with Crippen molar-refractivity contribution in [2.45, 2.75) is 6.42 Å². The van der Waals surface area contributed by atoms with E-state index in [0.717, 1.165) is 0 Å². The Morgan fingerprint density at radius 1 is 1.53 bits per heavy atom. The van der Waals surface area contributed by atoms with E-state index in [4.69, 9.17) is 21.4 Å². The van der Waals surface area contributed by atoms with Crippen LogP contribution in [0.1, 0.15) is 6.42 Å². The van der Waals surface area contributed by atoms with Gasteiger partial charge in [-0.3, -0.25) is 10.1 Å². The molecule has 0 saturated heterocycles. The fraction of sp³-hybridized carbons (Fsp3) is 0.333. The molecule has 6 heteroatoms. The Morgan fingerprint density at radius 3 is 2.87 bits per heavy atom. The first-order valence-corrected chi connectivity index (χ1v) is 4.70. The topological polar surface area (TPSA) is 72.6 Å². The second kappa shape index (κ2) is 5.53. The molecule has 0 aliphatic carbocycles. The van der Waals surface area contributed by atoms with Crippen molar-refractivity contribution in [1.29, 1.82) is 0 Å². The van der Waals surface area contributed by atoms with Crippen LogP contribution in [0.25, 0.3) is 0 Å². The smallest absolute Gasteiger partial charge is 0.312 e. The van der Waals surface area contributed by atoms with Gasteiger partial charge in [0.1, 0.15) is 0 Å². The predicted octanol–water partition coefficient (Wildman–Crippen LogP) is 2.01. The molecule has 0 amide bonds. The zero-order chi connectivity index (χ0) is 11.3. The minimum atomic E-state index is -0.555. The molecular formula is C9H10ClNO4. The highest BCUT2D eigenvalue weighted by Gasteiger charge is 2.15. The molecule has 0 radical (unpaired) electrons. The molecule has 0 fully saturated rings. The Hall–Kier alpha value is -1.33. The van der Waals surface area contributed by atoms with Crippen molar-refractivity contribution in [2.75, 3.05) is 13.2 Å². The van der Waals surface area contributed by atoms with Gasteiger partial charge in [0.2, 0.25) is 0 Å². The van der Waals surface area contributed by atoms with Crippen LogP contribution in [0.2, 0.25) is 5.02 Å². The number of aliphatic hydroxyl groups is 1. The normalized spacial score (nSPS) is 10.0. The summed E-state index contributed by atoms with van der Waals surface area (Å²) in [5.41, 5.74) is -0.166. The van der Waals surface area contributed by atoms with E-state index in [2.05, 4.69) is 0 Å². The summed E-state index contributed by atoms with van der Waals surface area (Å²) >= 11 is 5.62. The molecule has 5 nitrogen and oxygen atoms in total. The number of hydrogen-bond donors (Lipinski definition) is 1. The zero-order valence-corrected chi connectivity index (χ0v) is 8.61. The van der Waals surface area contributed by atoms with Crippen LogP contribution in [0.5, 0.6) is 5.75 Å². The van der Waals surface area contributed by atoms with E-state index in [-0.39, 0.29) is 29.7 Å². The van der Waals surface area contributed by atoms with Gasteiger partial charge in [-0.2, -0.15) is 0 Å². The maximum absolute atomic E-state index is 10.6. The first-order chi connectivity index (χ1) is 7.15. The summed E-state index contributed by atoms with van der Waals surface area (Å²) in [6.45, 7) is 0.223. The molecule has 0 saturated carbocycles. The minimum Gasteiger partial charge on any atom is -0.487 e. The SMILES string of the molecule is O=[N+]([O-])c1cc(Cl)ccc1OCCCO. The number of benzene rings is 1. The number of aliphatic hydroxyl groups excluding tert-OH is 1. The molecular weight excluding hydrogens is 222 g/mol. The van der Waals surface area contributed by atoms with Crippen LogP contribution in [0.3, 0.4) is 0 Å². The van der Waals surface area contributed by atoms with Crippen LogP contribution >= 0.6 is 11.6 Å². The summed E-state index contributed by atoms with van der Waals surface area (Å²) in [5, 5.41) is 19.4. The van der Waals surface area contributed by atoms with Crippen molar-refractivity contribution in [3.8, 4) is 5.75 Å². The number of nitro groups is 1. The lowest BCUT2D eigenvalue weighted by molar-refractivity contribution is -0.385. The molecule has 1 aromatic rings. The average molecular weight is 232 g/mol. The standard InChI is InChI=1S/C9H10ClNO4/c10-7-2-3-9(15-5-1-4-12)8(6-7)11(13)14/h2-3,6,12H,1,4-5H2. The fourth-order valence-corrected chi connectivity index (χ4v) is 1.17. The van der Waals surface area contributed by atoms with Gasteiger partial charge in [0.25, 0.3) is 0 Å². The molecule has 82 valence electrons. The van der Waals surface area contributed by atoms with Gasteiger partial charge in [-0.05, 0) is 12.1 Å². The summed E-state index contributed by atoms with van der Waals surface area (Å²) in [6, 6.07) is 4.19. The van der Waals surface area contributed by atoms with E-state index < -0.39 is 4.92 Å². The lowest BCUT2D eigenvalue weighted by Gasteiger charge is -2.05. The summed E-state index contributed by atoms with van der Waals surface area (Å²) in [6.07, 6.45) is 0.430. The van der Waals surface area contributed by atoms with E-state index in [9.17, 15) is 10.1 Å². The number of hydrogen-bond acceptors (Lipinski definition) is 4. The highest BCUT2D eigenvalue weighted by Crippen LogP contribution is 2.29. The van der Waals surface area contributed by atoms with Gasteiger partial charge in [-0.15, -0.1) is 0 Å². The molecule has 0 bridgehead atoms. The van der Waals surface area contributed by atoms with Gasteiger partial charge < -0.3 is 9.84 Å². The first kappa shape index (κ1) is 11.7. The maximum atomic E-state index is 10.6. The number of rotatable bonds is 5. The molecule has 0 atom stereocenters. The molecule has 0 aliphatic heterocycles. The Morgan fingerprint density at radius 2 is 2.27 bits per heavy atom. The summed E-state index contributed by atoms with van der Waals surface area (Å²) in [5.74, 6) is 0.165. The van der Waals surface area contributed by atoms with Crippen LogP contribution in [0.4, 0.5) is 5.69 Å². The molecule has 0 aliphatic rings. The number of nitrogens with zero attached hydrogens (tertiary/aromatic N) is 1.